The van der Waals surface area contributed by atoms with Gasteiger partial charge < -0.3 is 31.1 Å². The van der Waals surface area contributed by atoms with Crippen LogP contribution in [0.1, 0.15) is 38.8 Å². The molecule has 0 saturated heterocycles. The van der Waals surface area contributed by atoms with Crippen molar-refractivity contribution in [2.24, 2.45) is 0 Å². The number of halogens is 1. The first-order valence-electron chi connectivity index (χ1n) is 20.9. The zero-order valence-corrected chi connectivity index (χ0v) is 40.1. The smallest absolute Gasteiger partial charge is 0.189 e. The van der Waals surface area contributed by atoms with E-state index in [0.29, 0.717) is 56.8 Å². The first-order chi connectivity index (χ1) is 31.6. The van der Waals surface area contributed by atoms with Crippen molar-refractivity contribution < 1.29 is 25.9 Å². The lowest BCUT2D eigenvalue weighted by atomic mass is 10.1. The van der Waals surface area contributed by atoms with Gasteiger partial charge in [0.2, 0.25) is 0 Å². The Balaban J connectivity index is 0.000000218. The largest absolute Gasteiger partial charge is 0.382 e. The number of nitrogens with one attached hydrogen (secondary N) is 2. The third-order valence-corrected chi connectivity index (χ3v) is 14.9. The van der Waals surface area contributed by atoms with Crippen molar-refractivity contribution in [2.75, 3.05) is 25.6 Å². The molecule has 0 saturated carbocycles. The summed E-state index contributed by atoms with van der Waals surface area (Å²) in [6.07, 6.45) is 3.09. The topological polar surface area (TPSA) is 248 Å². The Morgan fingerprint density at radius 3 is 1.13 bits per heavy atom. The van der Waals surface area contributed by atoms with Gasteiger partial charge in [-0.15, -0.1) is 12.4 Å². The number of aromatic nitrogens is 6. The minimum absolute atomic E-state index is 0. The van der Waals surface area contributed by atoms with E-state index in [1.807, 2.05) is 62.6 Å². The van der Waals surface area contributed by atoms with E-state index in [2.05, 4.69) is 40.9 Å². The summed E-state index contributed by atoms with van der Waals surface area (Å²) < 4.78 is 60.5. The van der Waals surface area contributed by atoms with Crippen molar-refractivity contribution in [3.63, 3.8) is 0 Å². The predicted octanol–water partition coefficient (Wildman–Crippen LogP) is 8.32. The molecule has 8 rings (SSSR count). The second kappa shape index (κ2) is 21.2. The third-order valence-electron chi connectivity index (χ3n) is 10.5. The Hall–Kier alpha value is -6.83. The van der Waals surface area contributed by atoms with Crippen LogP contribution in [0.25, 0.3) is 67.9 Å². The average Bonchev–Trinajstić information content (AvgIpc) is 4.02. The molecule has 0 aliphatic heterocycles. The van der Waals surface area contributed by atoms with Crippen LogP contribution in [-0.4, -0.2) is 71.7 Å². The zero-order valence-electron chi connectivity index (χ0n) is 37.6. The molecule has 19 heteroatoms. The summed E-state index contributed by atoms with van der Waals surface area (Å²) in [7, 11) is -2.89. The minimum Gasteiger partial charge on any atom is -0.382 e. The highest BCUT2D eigenvalue weighted by atomic mass is 35.5. The van der Waals surface area contributed by atoms with Gasteiger partial charge in [-0.2, -0.15) is 0 Å². The van der Waals surface area contributed by atoms with Crippen LogP contribution in [-0.2, 0) is 32.8 Å². The Bertz CT molecular complexity index is 2950. The molecule has 4 aromatic heterocycles. The van der Waals surface area contributed by atoms with Crippen molar-refractivity contribution in [3.8, 4) is 67.9 Å². The maximum absolute atomic E-state index is 12.4. The molecule has 6 N–H and O–H groups in total. The van der Waals surface area contributed by atoms with E-state index in [-0.39, 0.29) is 33.8 Å². The van der Waals surface area contributed by atoms with Gasteiger partial charge in [0.25, 0.3) is 0 Å². The molecular formula is C48H51ClN10O6S2. The lowest BCUT2D eigenvalue weighted by Gasteiger charge is -2.09. The molecule has 4 aromatic carbocycles. The van der Waals surface area contributed by atoms with Gasteiger partial charge in [0.15, 0.2) is 54.2 Å². The number of nitrogens with zero attached hydrogens (tertiary/aromatic N) is 6. The molecule has 67 heavy (non-hydrogen) atoms. The molecule has 0 amide bonds. The van der Waals surface area contributed by atoms with Gasteiger partial charge in [-0.1, -0.05) is 83.1 Å². The number of anilines is 2. The van der Waals surface area contributed by atoms with Crippen molar-refractivity contribution in [2.45, 2.75) is 61.1 Å². The van der Waals surface area contributed by atoms with Gasteiger partial charge in [-0.3, -0.25) is 0 Å². The van der Waals surface area contributed by atoms with E-state index in [1.165, 1.54) is 11.1 Å². The number of nitrogen functional groups attached to an aromatic ring is 2. The summed E-state index contributed by atoms with van der Waals surface area (Å²) in [4.78, 5) is 18.2. The fourth-order valence-electron chi connectivity index (χ4n) is 6.65. The van der Waals surface area contributed by atoms with Gasteiger partial charge in [0, 0.05) is 47.5 Å². The van der Waals surface area contributed by atoms with Crippen LogP contribution >= 0.6 is 12.4 Å². The van der Waals surface area contributed by atoms with E-state index in [9.17, 15) is 16.8 Å². The van der Waals surface area contributed by atoms with E-state index in [4.69, 9.17) is 20.5 Å². The molecule has 16 nitrogen and oxygen atoms in total. The van der Waals surface area contributed by atoms with Gasteiger partial charge in [0.1, 0.15) is 11.4 Å². The quantitative estimate of drug-likeness (QED) is 0.0800. The number of hydrogen-bond donors (Lipinski definition) is 4. The number of benzene rings is 4. The molecule has 0 bridgehead atoms. The molecule has 0 atom stereocenters. The van der Waals surface area contributed by atoms with Crippen molar-refractivity contribution in [1.82, 2.24) is 40.9 Å². The summed E-state index contributed by atoms with van der Waals surface area (Å²) in [6.45, 7) is 8.20. The van der Waals surface area contributed by atoms with Crippen LogP contribution in [0.15, 0.2) is 140 Å². The average molecular weight is 964 g/mol. The number of rotatable bonds is 14. The lowest BCUT2D eigenvalue weighted by Crippen LogP contribution is -2.13. The number of hydrogen-bond acceptors (Lipinski definition) is 16. The Morgan fingerprint density at radius 2 is 0.821 bits per heavy atom. The Morgan fingerprint density at radius 1 is 0.507 bits per heavy atom. The van der Waals surface area contributed by atoms with Crippen LogP contribution in [0.5, 0.6) is 0 Å². The SMILES string of the molecule is CNCc1ccc(-c2cc(-c3nc(-c4ccc(S(=O)(=O)C(C)C)cc4)cnc3N)on2)cc1.CNCc1ccc(-c2cc(-c3nc(-c4ccc(S(=O)(=O)C(C)C)cc4)cnc3N)on2)cc1.Cl. The van der Waals surface area contributed by atoms with Crippen LogP contribution in [0.2, 0.25) is 0 Å². The summed E-state index contributed by atoms with van der Waals surface area (Å²) in [5.74, 6) is 1.22. The summed E-state index contributed by atoms with van der Waals surface area (Å²) in [5, 5.41) is 13.6. The molecule has 0 aliphatic rings. The van der Waals surface area contributed by atoms with E-state index in [0.717, 1.165) is 24.2 Å². The highest BCUT2D eigenvalue weighted by molar-refractivity contribution is 7.92. The summed E-state index contributed by atoms with van der Waals surface area (Å²) in [5.41, 5.74) is 20.9. The second-order valence-electron chi connectivity index (χ2n) is 15.8. The van der Waals surface area contributed by atoms with Crippen molar-refractivity contribution >= 4 is 43.7 Å². The second-order valence-corrected chi connectivity index (χ2v) is 20.8. The van der Waals surface area contributed by atoms with Crippen LogP contribution in [0, 0.1) is 0 Å². The minimum atomic E-state index is -3.35. The molecule has 0 aliphatic carbocycles. The molecule has 8 aromatic rings. The normalized spacial score (nSPS) is 11.6. The molecular weight excluding hydrogens is 912 g/mol. The van der Waals surface area contributed by atoms with Crippen molar-refractivity contribution in [1.29, 1.82) is 0 Å². The third kappa shape index (κ3) is 11.2. The van der Waals surface area contributed by atoms with Crippen LogP contribution in [0.3, 0.4) is 0 Å². The molecule has 0 unspecified atom stereocenters. The van der Waals surface area contributed by atoms with E-state index < -0.39 is 30.2 Å². The van der Waals surface area contributed by atoms with E-state index >= 15 is 0 Å². The zero-order chi connectivity index (χ0) is 47.2. The fraction of sp³-hybridized carbons (Fsp3) is 0.208. The fourth-order valence-corrected chi connectivity index (χ4v) is 8.77. The van der Waals surface area contributed by atoms with E-state index in [1.54, 1.807) is 101 Å². The monoisotopic (exact) mass is 962 g/mol. The summed E-state index contributed by atoms with van der Waals surface area (Å²) >= 11 is 0. The van der Waals surface area contributed by atoms with Gasteiger partial charge in [0.05, 0.1) is 44.1 Å². The first-order valence-corrected chi connectivity index (χ1v) is 24.0. The first kappa shape index (κ1) is 49.6. The van der Waals surface area contributed by atoms with Gasteiger partial charge >= 0.3 is 0 Å². The highest BCUT2D eigenvalue weighted by Gasteiger charge is 2.22. The van der Waals surface area contributed by atoms with Crippen LogP contribution in [0.4, 0.5) is 11.6 Å². The highest BCUT2D eigenvalue weighted by Crippen LogP contribution is 2.32. The number of nitrogens with two attached hydrogens (primary N) is 2. The lowest BCUT2D eigenvalue weighted by molar-refractivity contribution is 0.433. The predicted molar refractivity (Wildman–Crippen MR) is 263 cm³/mol. The summed E-state index contributed by atoms with van der Waals surface area (Å²) in [6, 6.07) is 32.7. The molecule has 0 radical (unpaired) electrons. The van der Waals surface area contributed by atoms with Gasteiger partial charge in [-0.25, -0.2) is 36.8 Å². The molecule has 348 valence electrons. The van der Waals surface area contributed by atoms with Gasteiger partial charge in [-0.05, 0) is 77.2 Å². The standard InChI is InChI=1S/2C24H25N5O3S.ClH/c2*1-15(2)33(30,31)19-10-8-18(9-11-19)21-14-27-24(25)23(28-21)22-12-20(29-32-22)17-6-4-16(5-7-17)13-26-3;/h2*4-12,14-15,26H,13H2,1-3H3,(H2,25,27);1H. The molecule has 0 fully saturated rings. The molecule has 4 heterocycles. The Labute approximate surface area is 395 Å². The number of sulfone groups is 2. The maximum Gasteiger partial charge on any atom is 0.189 e. The Kier molecular flexibility index (Phi) is 15.7. The molecule has 0 spiro atoms. The van der Waals surface area contributed by atoms with Crippen molar-refractivity contribution in [3.05, 3.63) is 133 Å². The van der Waals surface area contributed by atoms with Crippen LogP contribution < -0.4 is 22.1 Å². The maximum atomic E-state index is 12.4.